The van der Waals surface area contributed by atoms with Gasteiger partial charge in [-0.2, -0.15) is 0 Å². The van der Waals surface area contributed by atoms with E-state index >= 15 is 0 Å². The van der Waals surface area contributed by atoms with Gasteiger partial charge in [0.05, 0.1) is 5.75 Å². The van der Waals surface area contributed by atoms with Crippen LogP contribution in [0.25, 0.3) is 0 Å². The molecule has 2 aromatic carbocycles. The van der Waals surface area contributed by atoms with Crippen LogP contribution in [0.2, 0.25) is 0 Å². The zero-order chi connectivity index (χ0) is 21.4. The smallest absolute Gasteiger partial charge is 0.243 e. The van der Waals surface area contributed by atoms with Gasteiger partial charge in [-0.1, -0.05) is 37.3 Å². The summed E-state index contributed by atoms with van der Waals surface area (Å²) in [7, 11) is 0. The Kier molecular flexibility index (Phi) is 8.26. The summed E-state index contributed by atoms with van der Waals surface area (Å²) in [5.74, 6) is -0.409. The normalized spacial score (nSPS) is 12.3. The average molecular weight is 417 g/mol. The summed E-state index contributed by atoms with van der Waals surface area (Å²) in [4.78, 5) is 28.6. The maximum Gasteiger partial charge on any atom is 0.243 e. The van der Waals surface area contributed by atoms with Crippen LogP contribution in [0.3, 0.4) is 0 Å². The lowest BCUT2D eigenvalue weighted by molar-refractivity contribution is -0.140. The Morgan fingerprint density at radius 1 is 1.07 bits per heavy atom. The summed E-state index contributed by atoms with van der Waals surface area (Å²) < 4.78 is 13.3. The molecule has 2 rings (SSSR count). The summed E-state index contributed by atoms with van der Waals surface area (Å²) in [5, 5.41) is 2.97. The molecule has 2 aromatic rings. The largest absolute Gasteiger partial charge is 0.350 e. The van der Waals surface area contributed by atoms with Gasteiger partial charge in [0.25, 0.3) is 0 Å². The molecular weight excluding hydrogens is 387 g/mol. The highest BCUT2D eigenvalue weighted by Crippen LogP contribution is 2.20. The van der Waals surface area contributed by atoms with Crippen molar-refractivity contribution in [3.05, 3.63) is 66.0 Å². The summed E-state index contributed by atoms with van der Waals surface area (Å²) in [5.41, 5.74) is 0.389. The molecule has 1 atom stereocenters. The SMILES string of the molecule is CCC(C(=O)NC(C)(C)C)N(Cc1ccc(F)cc1)C(=O)CSc1ccccc1. The average Bonchev–Trinajstić information content (AvgIpc) is 2.67. The van der Waals surface area contributed by atoms with Gasteiger partial charge in [-0.25, -0.2) is 4.39 Å². The van der Waals surface area contributed by atoms with Gasteiger partial charge >= 0.3 is 0 Å². The van der Waals surface area contributed by atoms with Crippen molar-refractivity contribution in [1.82, 2.24) is 10.2 Å². The Morgan fingerprint density at radius 3 is 2.24 bits per heavy atom. The van der Waals surface area contributed by atoms with E-state index in [0.29, 0.717) is 6.42 Å². The van der Waals surface area contributed by atoms with E-state index in [1.165, 1.54) is 23.9 Å². The molecule has 156 valence electrons. The van der Waals surface area contributed by atoms with Gasteiger partial charge in [-0.15, -0.1) is 11.8 Å². The van der Waals surface area contributed by atoms with Crippen molar-refractivity contribution < 1.29 is 14.0 Å². The van der Waals surface area contributed by atoms with Gasteiger partial charge in [-0.05, 0) is 57.0 Å². The molecule has 0 aliphatic carbocycles. The first kappa shape index (κ1) is 22.9. The van der Waals surface area contributed by atoms with E-state index < -0.39 is 11.6 Å². The Labute approximate surface area is 176 Å². The molecule has 0 aliphatic rings. The molecule has 0 radical (unpaired) electrons. The molecule has 29 heavy (non-hydrogen) atoms. The molecule has 0 bridgehead atoms. The second-order valence-corrected chi connectivity index (χ2v) is 8.96. The Morgan fingerprint density at radius 2 is 1.69 bits per heavy atom. The number of nitrogens with zero attached hydrogens (tertiary/aromatic N) is 1. The van der Waals surface area contributed by atoms with Gasteiger partial charge in [0, 0.05) is 17.0 Å². The third-order valence-electron chi connectivity index (χ3n) is 4.26. The minimum Gasteiger partial charge on any atom is -0.350 e. The number of halogens is 1. The van der Waals surface area contributed by atoms with E-state index in [1.54, 1.807) is 17.0 Å². The molecule has 0 saturated carbocycles. The molecular formula is C23H29FN2O2S. The molecule has 0 heterocycles. The third-order valence-corrected chi connectivity index (χ3v) is 5.25. The summed E-state index contributed by atoms with van der Waals surface area (Å²) in [6, 6.07) is 15.1. The maximum atomic E-state index is 13.3. The van der Waals surface area contributed by atoms with Crippen LogP contribution in [0, 0.1) is 5.82 Å². The van der Waals surface area contributed by atoms with Gasteiger partial charge < -0.3 is 10.2 Å². The molecule has 0 saturated heterocycles. The zero-order valence-corrected chi connectivity index (χ0v) is 18.3. The van der Waals surface area contributed by atoms with Crippen molar-refractivity contribution in [1.29, 1.82) is 0 Å². The number of carbonyl (C=O) groups is 2. The number of hydrogen-bond donors (Lipinski definition) is 1. The van der Waals surface area contributed by atoms with Crippen LogP contribution >= 0.6 is 11.8 Å². The van der Waals surface area contributed by atoms with Crippen LogP contribution in [-0.2, 0) is 16.1 Å². The van der Waals surface area contributed by atoms with Gasteiger partial charge in [-0.3, -0.25) is 9.59 Å². The van der Waals surface area contributed by atoms with Gasteiger partial charge in [0.15, 0.2) is 0 Å². The lowest BCUT2D eigenvalue weighted by atomic mass is 10.1. The third kappa shape index (κ3) is 7.54. The van der Waals surface area contributed by atoms with Crippen LogP contribution in [0.5, 0.6) is 0 Å². The summed E-state index contributed by atoms with van der Waals surface area (Å²) in [6.45, 7) is 7.88. The Bertz CT molecular complexity index is 804. The predicted molar refractivity (Wildman–Crippen MR) is 116 cm³/mol. The Hall–Kier alpha value is -2.34. The first-order chi connectivity index (χ1) is 13.7. The van der Waals surface area contributed by atoms with Crippen molar-refractivity contribution >= 4 is 23.6 Å². The number of benzene rings is 2. The monoisotopic (exact) mass is 416 g/mol. The summed E-state index contributed by atoms with van der Waals surface area (Å²) >= 11 is 1.44. The van der Waals surface area contributed by atoms with Crippen LogP contribution in [0.1, 0.15) is 39.7 Å². The molecule has 0 aliphatic heterocycles. The zero-order valence-electron chi connectivity index (χ0n) is 17.4. The Balaban J connectivity index is 2.21. The predicted octanol–water partition coefficient (Wildman–Crippen LogP) is 4.64. The molecule has 0 fully saturated rings. The van der Waals surface area contributed by atoms with Gasteiger partial charge in [0.1, 0.15) is 11.9 Å². The van der Waals surface area contributed by atoms with E-state index in [-0.39, 0.29) is 29.9 Å². The van der Waals surface area contributed by atoms with Crippen molar-refractivity contribution in [2.45, 2.75) is 57.1 Å². The summed E-state index contributed by atoms with van der Waals surface area (Å²) in [6.07, 6.45) is 0.491. The van der Waals surface area contributed by atoms with Crippen molar-refractivity contribution in [3.63, 3.8) is 0 Å². The van der Waals surface area contributed by atoms with Crippen molar-refractivity contribution in [2.24, 2.45) is 0 Å². The lowest BCUT2D eigenvalue weighted by Crippen LogP contribution is -2.53. The number of nitrogens with one attached hydrogen (secondary N) is 1. The lowest BCUT2D eigenvalue weighted by Gasteiger charge is -2.33. The fourth-order valence-electron chi connectivity index (χ4n) is 2.90. The number of carbonyl (C=O) groups excluding carboxylic acids is 2. The van der Waals surface area contributed by atoms with Crippen LogP contribution in [0.4, 0.5) is 4.39 Å². The van der Waals surface area contributed by atoms with Crippen LogP contribution in [0.15, 0.2) is 59.5 Å². The first-order valence-electron chi connectivity index (χ1n) is 9.73. The first-order valence-corrected chi connectivity index (χ1v) is 10.7. The highest BCUT2D eigenvalue weighted by Gasteiger charge is 2.30. The van der Waals surface area contributed by atoms with Crippen molar-refractivity contribution in [3.8, 4) is 0 Å². The highest BCUT2D eigenvalue weighted by atomic mass is 32.2. The van der Waals surface area contributed by atoms with E-state index in [1.807, 2.05) is 58.0 Å². The van der Waals surface area contributed by atoms with E-state index in [0.717, 1.165) is 10.5 Å². The number of amides is 2. The van der Waals surface area contributed by atoms with E-state index in [4.69, 9.17) is 0 Å². The second-order valence-electron chi connectivity index (χ2n) is 7.91. The van der Waals surface area contributed by atoms with Crippen LogP contribution < -0.4 is 5.32 Å². The molecule has 4 nitrogen and oxygen atoms in total. The van der Waals surface area contributed by atoms with E-state index in [9.17, 15) is 14.0 Å². The molecule has 0 aromatic heterocycles. The van der Waals surface area contributed by atoms with Gasteiger partial charge in [0.2, 0.25) is 11.8 Å². The topological polar surface area (TPSA) is 49.4 Å². The highest BCUT2D eigenvalue weighted by molar-refractivity contribution is 8.00. The number of thioether (sulfide) groups is 1. The minimum atomic E-state index is -0.594. The number of hydrogen-bond acceptors (Lipinski definition) is 3. The van der Waals surface area contributed by atoms with E-state index in [2.05, 4.69) is 5.32 Å². The molecule has 1 unspecified atom stereocenters. The fraction of sp³-hybridized carbons (Fsp3) is 0.391. The second kappa shape index (κ2) is 10.4. The fourth-order valence-corrected chi connectivity index (χ4v) is 3.71. The quantitative estimate of drug-likeness (QED) is 0.638. The molecule has 0 spiro atoms. The molecule has 1 N–H and O–H groups in total. The van der Waals surface area contributed by atoms with Crippen molar-refractivity contribution in [2.75, 3.05) is 5.75 Å². The minimum absolute atomic E-state index is 0.126. The van der Waals surface area contributed by atoms with Crippen LogP contribution in [-0.4, -0.2) is 34.0 Å². The molecule has 2 amide bonds. The number of rotatable bonds is 8. The standard InChI is InChI=1S/C23H29FN2O2S/c1-5-20(22(28)25-23(2,3)4)26(15-17-11-13-18(24)14-12-17)21(27)16-29-19-9-7-6-8-10-19/h6-14,20H,5,15-16H2,1-4H3,(H,25,28). The maximum absolute atomic E-state index is 13.3. The molecule has 6 heteroatoms.